The van der Waals surface area contributed by atoms with Crippen LogP contribution in [-0.2, 0) is 11.3 Å². The summed E-state index contributed by atoms with van der Waals surface area (Å²) >= 11 is 1.48. The molecule has 2 aromatic rings. The molecule has 0 radical (unpaired) electrons. The molecule has 20 heavy (non-hydrogen) atoms. The van der Waals surface area contributed by atoms with E-state index in [4.69, 9.17) is 5.11 Å². The van der Waals surface area contributed by atoms with Crippen molar-refractivity contribution in [3.05, 3.63) is 45.9 Å². The highest BCUT2D eigenvalue weighted by Crippen LogP contribution is 2.21. The molecule has 1 heterocycles. The minimum atomic E-state index is -1.01. The van der Waals surface area contributed by atoms with Crippen LogP contribution in [0.5, 0.6) is 0 Å². The Balaban J connectivity index is 2.31. The first kappa shape index (κ1) is 14.2. The summed E-state index contributed by atoms with van der Waals surface area (Å²) in [5.41, 5.74) is 1.63. The van der Waals surface area contributed by atoms with Gasteiger partial charge in [-0.05, 0) is 25.1 Å². The van der Waals surface area contributed by atoms with Gasteiger partial charge in [-0.15, -0.1) is 11.3 Å². The Labute approximate surface area is 120 Å². The average molecular weight is 290 g/mol. The van der Waals surface area contributed by atoms with Crippen molar-refractivity contribution in [2.24, 2.45) is 0 Å². The molecule has 0 bridgehead atoms. The van der Waals surface area contributed by atoms with Crippen molar-refractivity contribution >= 4 is 28.9 Å². The van der Waals surface area contributed by atoms with E-state index in [1.54, 1.807) is 12.1 Å². The molecule has 0 unspecified atom stereocenters. The standard InChI is InChI=1S/C14H14N2O3S/c1-9-8-20-13(15-9)7-16(10(2)17)12-5-3-4-11(6-12)14(18)19/h3-6,8H,7H2,1-2H3,(H,18,19). The monoisotopic (exact) mass is 290 g/mol. The number of carbonyl (C=O) groups excluding carboxylic acids is 1. The van der Waals surface area contributed by atoms with Gasteiger partial charge in [0, 0.05) is 23.7 Å². The molecule has 0 aliphatic heterocycles. The quantitative estimate of drug-likeness (QED) is 0.939. The fraction of sp³-hybridized carbons (Fsp3) is 0.214. The maximum atomic E-state index is 11.8. The van der Waals surface area contributed by atoms with Gasteiger partial charge in [0.05, 0.1) is 12.1 Å². The summed E-state index contributed by atoms with van der Waals surface area (Å²) in [6.07, 6.45) is 0. The second kappa shape index (κ2) is 5.83. The number of rotatable bonds is 4. The lowest BCUT2D eigenvalue weighted by molar-refractivity contribution is -0.116. The number of carboxylic acid groups (broad SMARTS) is 1. The lowest BCUT2D eigenvalue weighted by Crippen LogP contribution is -2.27. The van der Waals surface area contributed by atoms with Crippen LogP contribution in [-0.4, -0.2) is 22.0 Å². The van der Waals surface area contributed by atoms with Gasteiger partial charge in [0.2, 0.25) is 5.91 Å². The number of benzene rings is 1. The number of hydrogen-bond acceptors (Lipinski definition) is 4. The smallest absolute Gasteiger partial charge is 0.335 e. The van der Waals surface area contributed by atoms with E-state index in [1.807, 2.05) is 12.3 Å². The van der Waals surface area contributed by atoms with Crippen molar-refractivity contribution in [3.8, 4) is 0 Å². The third kappa shape index (κ3) is 3.21. The van der Waals surface area contributed by atoms with Crippen molar-refractivity contribution in [2.45, 2.75) is 20.4 Å². The van der Waals surface area contributed by atoms with Gasteiger partial charge in [0.15, 0.2) is 0 Å². The van der Waals surface area contributed by atoms with Crippen LogP contribution >= 0.6 is 11.3 Å². The first-order valence-corrected chi connectivity index (χ1v) is 6.88. The number of aromatic carboxylic acids is 1. The molecule has 0 saturated carbocycles. The molecule has 0 fully saturated rings. The number of aryl methyl sites for hydroxylation is 1. The fourth-order valence-corrected chi connectivity index (χ4v) is 2.56. The minimum absolute atomic E-state index is 0.152. The number of anilines is 1. The van der Waals surface area contributed by atoms with Crippen molar-refractivity contribution in [2.75, 3.05) is 4.90 Å². The number of thiazole rings is 1. The Kier molecular flexibility index (Phi) is 4.14. The molecular weight excluding hydrogens is 276 g/mol. The largest absolute Gasteiger partial charge is 0.478 e. The molecule has 104 valence electrons. The Morgan fingerprint density at radius 3 is 2.70 bits per heavy atom. The zero-order valence-corrected chi connectivity index (χ0v) is 12.0. The second-order valence-corrected chi connectivity index (χ2v) is 5.29. The van der Waals surface area contributed by atoms with Crippen LogP contribution in [0.2, 0.25) is 0 Å². The van der Waals surface area contributed by atoms with Gasteiger partial charge in [-0.25, -0.2) is 9.78 Å². The second-order valence-electron chi connectivity index (χ2n) is 4.34. The van der Waals surface area contributed by atoms with E-state index >= 15 is 0 Å². The molecule has 1 N–H and O–H groups in total. The van der Waals surface area contributed by atoms with Gasteiger partial charge < -0.3 is 10.0 Å². The van der Waals surface area contributed by atoms with E-state index in [0.717, 1.165) is 10.7 Å². The number of amides is 1. The summed E-state index contributed by atoms with van der Waals surface area (Å²) in [7, 11) is 0. The molecule has 1 amide bonds. The molecule has 5 nitrogen and oxygen atoms in total. The highest BCUT2D eigenvalue weighted by atomic mass is 32.1. The summed E-state index contributed by atoms with van der Waals surface area (Å²) in [5.74, 6) is -1.17. The van der Waals surface area contributed by atoms with E-state index < -0.39 is 5.97 Å². The Bertz CT molecular complexity index is 651. The SMILES string of the molecule is CC(=O)N(Cc1nc(C)cs1)c1cccc(C(=O)O)c1. The van der Waals surface area contributed by atoms with E-state index in [2.05, 4.69) is 4.98 Å². The van der Waals surface area contributed by atoms with E-state index in [9.17, 15) is 9.59 Å². The molecule has 0 aliphatic carbocycles. The predicted octanol–water partition coefficient (Wildman–Crippen LogP) is 2.70. The van der Waals surface area contributed by atoms with Gasteiger partial charge >= 0.3 is 5.97 Å². The molecule has 1 aromatic heterocycles. The molecule has 0 aliphatic rings. The summed E-state index contributed by atoms with van der Waals surface area (Å²) in [4.78, 5) is 28.6. The molecule has 0 atom stereocenters. The lowest BCUT2D eigenvalue weighted by atomic mass is 10.2. The summed E-state index contributed by atoms with van der Waals surface area (Å²) in [5, 5.41) is 11.7. The number of hydrogen-bond donors (Lipinski definition) is 1. The van der Waals surface area contributed by atoms with E-state index in [-0.39, 0.29) is 11.5 Å². The van der Waals surface area contributed by atoms with Crippen LogP contribution in [0.4, 0.5) is 5.69 Å². The maximum absolute atomic E-state index is 11.8. The third-order valence-electron chi connectivity index (χ3n) is 2.74. The van der Waals surface area contributed by atoms with Crippen molar-refractivity contribution in [3.63, 3.8) is 0 Å². The van der Waals surface area contributed by atoms with Crippen LogP contribution in [0, 0.1) is 6.92 Å². The number of carboxylic acids is 1. The lowest BCUT2D eigenvalue weighted by Gasteiger charge is -2.20. The normalized spacial score (nSPS) is 10.3. The number of aromatic nitrogens is 1. The molecule has 2 rings (SSSR count). The van der Waals surface area contributed by atoms with Crippen LogP contribution in [0.3, 0.4) is 0 Å². The van der Waals surface area contributed by atoms with Gasteiger partial charge in [0.1, 0.15) is 5.01 Å². The van der Waals surface area contributed by atoms with Gasteiger partial charge in [-0.2, -0.15) is 0 Å². The molecule has 0 spiro atoms. The zero-order valence-electron chi connectivity index (χ0n) is 11.2. The maximum Gasteiger partial charge on any atom is 0.335 e. The topological polar surface area (TPSA) is 70.5 Å². The summed E-state index contributed by atoms with van der Waals surface area (Å²) in [6.45, 7) is 3.69. The van der Waals surface area contributed by atoms with Crippen LogP contribution < -0.4 is 4.90 Å². The van der Waals surface area contributed by atoms with Crippen molar-refractivity contribution in [1.82, 2.24) is 4.98 Å². The first-order chi connectivity index (χ1) is 9.47. The van der Waals surface area contributed by atoms with E-state index in [0.29, 0.717) is 12.2 Å². The average Bonchev–Trinajstić information content (AvgIpc) is 2.81. The Hall–Kier alpha value is -2.21. The molecular formula is C14H14N2O3S. The molecule has 1 aromatic carbocycles. The van der Waals surface area contributed by atoms with Gasteiger partial charge in [-0.1, -0.05) is 6.07 Å². The first-order valence-electron chi connectivity index (χ1n) is 6.00. The van der Waals surface area contributed by atoms with Crippen molar-refractivity contribution in [1.29, 1.82) is 0 Å². The summed E-state index contributed by atoms with van der Waals surface area (Å²) in [6, 6.07) is 6.33. The van der Waals surface area contributed by atoms with Crippen molar-refractivity contribution < 1.29 is 14.7 Å². The van der Waals surface area contributed by atoms with Crippen LogP contribution in [0.15, 0.2) is 29.6 Å². The number of carbonyl (C=O) groups is 2. The Morgan fingerprint density at radius 1 is 1.40 bits per heavy atom. The zero-order chi connectivity index (χ0) is 14.7. The Morgan fingerprint density at radius 2 is 2.15 bits per heavy atom. The summed E-state index contributed by atoms with van der Waals surface area (Å²) < 4.78 is 0. The third-order valence-corrected chi connectivity index (χ3v) is 3.70. The molecule has 6 heteroatoms. The number of nitrogens with zero attached hydrogens (tertiary/aromatic N) is 2. The molecule has 0 saturated heterocycles. The van der Waals surface area contributed by atoms with E-state index in [1.165, 1.54) is 35.3 Å². The fourth-order valence-electron chi connectivity index (χ4n) is 1.80. The van der Waals surface area contributed by atoms with Gasteiger partial charge in [-0.3, -0.25) is 4.79 Å². The predicted molar refractivity (Wildman–Crippen MR) is 77.1 cm³/mol. The van der Waals surface area contributed by atoms with Crippen LogP contribution in [0.25, 0.3) is 0 Å². The van der Waals surface area contributed by atoms with Gasteiger partial charge in [0.25, 0.3) is 0 Å². The highest BCUT2D eigenvalue weighted by Gasteiger charge is 2.15. The van der Waals surface area contributed by atoms with Crippen LogP contribution in [0.1, 0.15) is 28.0 Å². The minimum Gasteiger partial charge on any atom is -0.478 e. The highest BCUT2D eigenvalue weighted by molar-refractivity contribution is 7.09.